The number of carbonyl (C=O) groups is 1. The van der Waals surface area contributed by atoms with Crippen LogP contribution in [0.4, 0.5) is 0 Å². The van der Waals surface area contributed by atoms with Crippen molar-refractivity contribution in [2.45, 2.75) is 6.92 Å². The third-order valence-electron chi connectivity index (χ3n) is 1.34. The Kier molecular flexibility index (Phi) is 2.10. The zero-order valence-electron chi connectivity index (χ0n) is 5.97. The molecule has 0 aliphatic carbocycles. The van der Waals surface area contributed by atoms with Crippen LogP contribution >= 0.6 is 11.6 Å². The van der Waals surface area contributed by atoms with Gasteiger partial charge in [0.05, 0.1) is 5.56 Å². The Morgan fingerprint density at radius 2 is 2.36 bits per heavy atom. The molecular formula is C7H7ClN2O. The number of halogens is 1. The van der Waals surface area contributed by atoms with Crippen molar-refractivity contribution in [3.8, 4) is 0 Å². The van der Waals surface area contributed by atoms with Crippen LogP contribution in [-0.2, 0) is 0 Å². The van der Waals surface area contributed by atoms with E-state index in [1.165, 1.54) is 6.20 Å². The molecule has 0 bridgehead atoms. The van der Waals surface area contributed by atoms with E-state index in [4.69, 9.17) is 17.3 Å². The molecule has 1 heterocycles. The summed E-state index contributed by atoms with van der Waals surface area (Å²) in [7, 11) is 0. The van der Waals surface area contributed by atoms with Crippen molar-refractivity contribution < 1.29 is 4.79 Å². The van der Waals surface area contributed by atoms with Crippen molar-refractivity contribution in [3.63, 3.8) is 0 Å². The number of pyridine rings is 1. The fourth-order valence-electron chi connectivity index (χ4n) is 0.780. The molecule has 0 radical (unpaired) electrons. The van der Waals surface area contributed by atoms with E-state index in [1.807, 2.05) is 0 Å². The zero-order valence-corrected chi connectivity index (χ0v) is 6.72. The van der Waals surface area contributed by atoms with Crippen LogP contribution in [0.15, 0.2) is 12.3 Å². The molecule has 0 saturated heterocycles. The van der Waals surface area contributed by atoms with Crippen molar-refractivity contribution in [1.82, 2.24) is 4.98 Å². The Hall–Kier alpha value is -1.09. The number of amides is 1. The molecule has 0 atom stereocenters. The molecule has 1 rings (SSSR count). The summed E-state index contributed by atoms with van der Waals surface area (Å²) in [5, 5.41) is 0.368. The lowest BCUT2D eigenvalue weighted by molar-refractivity contribution is 0.0999. The summed E-state index contributed by atoms with van der Waals surface area (Å²) in [4.78, 5) is 14.4. The van der Waals surface area contributed by atoms with Crippen molar-refractivity contribution in [2.75, 3.05) is 0 Å². The quantitative estimate of drug-likeness (QED) is 0.643. The second-order valence-electron chi connectivity index (χ2n) is 2.19. The third kappa shape index (κ3) is 1.68. The maximum atomic E-state index is 10.7. The van der Waals surface area contributed by atoms with Crippen LogP contribution in [0.25, 0.3) is 0 Å². The van der Waals surface area contributed by atoms with Gasteiger partial charge in [-0.3, -0.25) is 4.79 Å². The zero-order chi connectivity index (χ0) is 8.43. The van der Waals surface area contributed by atoms with E-state index in [1.54, 1.807) is 13.0 Å². The summed E-state index contributed by atoms with van der Waals surface area (Å²) in [6, 6.07) is 1.60. The lowest BCUT2D eigenvalue weighted by Gasteiger charge is -1.99. The van der Waals surface area contributed by atoms with Gasteiger partial charge in [-0.05, 0) is 18.6 Å². The fourth-order valence-corrected chi connectivity index (χ4v) is 0.992. The van der Waals surface area contributed by atoms with E-state index in [0.29, 0.717) is 10.7 Å². The summed E-state index contributed by atoms with van der Waals surface area (Å²) in [5.41, 5.74) is 6.20. The van der Waals surface area contributed by atoms with Gasteiger partial charge in [-0.25, -0.2) is 4.98 Å². The predicted octanol–water partition coefficient (Wildman–Crippen LogP) is 1.14. The second-order valence-corrected chi connectivity index (χ2v) is 2.57. The number of aryl methyl sites for hydroxylation is 1. The molecule has 1 aromatic rings. The highest BCUT2D eigenvalue weighted by molar-refractivity contribution is 6.29. The van der Waals surface area contributed by atoms with Gasteiger partial charge in [0.15, 0.2) is 0 Å². The molecule has 4 heteroatoms. The van der Waals surface area contributed by atoms with Gasteiger partial charge in [0.25, 0.3) is 5.91 Å². The first kappa shape index (κ1) is 8.01. The number of carbonyl (C=O) groups excluding carboxylic acids is 1. The van der Waals surface area contributed by atoms with E-state index in [0.717, 1.165) is 5.56 Å². The molecule has 0 aromatic carbocycles. The molecule has 0 fully saturated rings. The number of primary amides is 1. The van der Waals surface area contributed by atoms with Crippen LogP contribution in [0.5, 0.6) is 0 Å². The Morgan fingerprint density at radius 3 is 2.82 bits per heavy atom. The largest absolute Gasteiger partial charge is 0.366 e. The molecule has 0 unspecified atom stereocenters. The summed E-state index contributed by atoms with van der Waals surface area (Å²) < 4.78 is 0. The molecule has 58 valence electrons. The standard InChI is InChI=1S/C7H7ClN2O/c1-4-2-6(8)10-3-5(4)7(9)11/h2-3H,1H3,(H2,9,11). The Balaban J connectivity index is 3.20. The summed E-state index contributed by atoms with van der Waals surface area (Å²) >= 11 is 5.56. The minimum Gasteiger partial charge on any atom is -0.366 e. The number of nitrogens with zero attached hydrogens (tertiary/aromatic N) is 1. The van der Waals surface area contributed by atoms with E-state index in [-0.39, 0.29) is 0 Å². The molecule has 11 heavy (non-hydrogen) atoms. The van der Waals surface area contributed by atoms with Gasteiger partial charge in [0.1, 0.15) is 5.15 Å². The van der Waals surface area contributed by atoms with E-state index in [9.17, 15) is 4.79 Å². The van der Waals surface area contributed by atoms with Gasteiger partial charge in [0, 0.05) is 6.20 Å². The topological polar surface area (TPSA) is 56.0 Å². The molecule has 0 saturated carbocycles. The highest BCUT2D eigenvalue weighted by atomic mass is 35.5. The second kappa shape index (κ2) is 2.88. The van der Waals surface area contributed by atoms with Crippen LogP contribution in [0.3, 0.4) is 0 Å². The first-order valence-electron chi connectivity index (χ1n) is 3.03. The molecule has 0 aliphatic heterocycles. The highest BCUT2D eigenvalue weighted by Gasteiger charge is 2.04. The third-order valence-corrected chi connectivity index (χ3v) is 1.55. The van der Waals surface area contributed by atoms with Crippen molar-refractivity contribution in [3.05, 3.63) is 28.5 Å². The van der Waals surface area contributed by atoms with Gasteiger partial charge >= 0.3 is 0 Å². The fraction of sp³-hybridized carbons (Fsp3) is 0.143. The van der Waals surface area contributed by atoms with Crippen LogP contribution in [-0.4, -0.2) is 10.9 Å². The molecule has 1 aromatic heterocycles. The summed E-state index contributed by atoms with van der Waals surface area (Å²) in [6.07, 6.45) is 1.38. The van der Waals surface area contributed by atoms with Crippen LogP contribution in [0.2, 0.25) is 5.15 Å². The first-order valence-corrected chi connectivity index (χ1v) is 3.41. The SMILES string of the molecule is Cc1cc(Cl)ncc1C(N)=O. The number of hydrogen-bond donors (Lipinski definition) is 1. The number of aromatic nitrogens is 1. The average molecular weight is 171 g/mol. The van der Waals surface area contributed by atoms with Crippen LogP contribution < -0.4 is 5.73 Å². The Morgan fingerprint density at radius 1 is 1.73 bits per heavy atom. The maximum absolute atomic E-state index is 10.7. The summed E-state index contributed by atoms with van der Waals surface area (Å²) in [5.74, 6) is -0.480. The molecule has 1 amide bonds. The average Bonchev–Trinajstić information content (AvgIpc) is 1.85. The van der Waals surface area contributed by atoms with Crippen molar-refractivity contribution >= 4 is 17.5 Å². The normalized spacial score (nSPS) is 9.64. The monoisotopic (exact) mass is 170 g/mol. The van der Waals surface area contributed by atoms with Gasteiger partial charge in [-0.1, -0.05) is 11.6 Å². The van der Waals surface area contributed by atoms with E-state index in [2.05, 4.69) is 4.98 Å². The minimum absolute atomic E-state index is 0.368. The van der Waals surface area contributed by atoms with Crippen molar-refractivity contribution in [1.29, 1.82) is 0 Å². The van der Waals surface area contributed by atoms with Crippen LogP contribution in [0.1, 0.15) is 15.9 Å². The predicted molar refractivity (Wildman–Crippen MR) is 42.5 cm³/mol. The minimum atomic E-state index is -0.480. The number of rotatable bonds is 1. The van der Waals surface area contributed by atoms with Gasteiger partial charge < -0.3 is 5.73 Å². The highest BCUT2D eigenvalue weighted by Crippen LogP contribution is 2.10. The van der Waals surface area contributed by atoms with Gasteiger partial charge in [-0.2, -0.15) is 0 Å². The smallest absolute Gasteiger partial charge is 0.250 e. The molecule has 0 spiro atoms. The molecular weight excluding hydrogens is 164 g/mol. The van der Waals surface area contributed by atoms with Crippen molar-refractivity contribution in [2.24, 2.45) is 5.73 Å². The Labute approximate surface area is 69.2 Å². The lowest BCUT2D eigenvalue weighted by atomic mass is 10.1. The number of nitrogens with two attached hydrogens (primary N) is 1. The molecule has 0 aliphatic rings. The van der Waals surface area contributed by atoms with Gasteiger partial charge in [0.2, 0.25) is 0 Å². The van der Waals surface area contributed by atoms with E-state index >= 15 is 0 Å². The van der Waals surface area contributed by atoms with Crippen LogP contribution in [0, 0.1) is 6.92 Å². The maximum Gasteiger partial charge on any atom is 0.250 e. The molecule has 3 nitrogen and oxygen atoms in total. The van der Waals surface area contributed by atoms with Gasteiger partial charge in [-0.15, -0.1) is 0 Å². The lowest BCUT2D eigenvalue weighted by Crippen LogP contribution is -2.12. The van der Waals surface area contributed by atoms with E-state index < -0.39 is 5.91 Å². The molecule has 2 N–H and O–H groups in total. The number of hydrogen-bond acceptors (Lipinski definition) is 2. The summed E-state index contributed by atoms with van der Waals surface area (Å²) in [6.45, 7) is 1.76. The Bertz CT molecular complexity index is 298. The first-order chi connectivity index (χ1) is 5.11.